The molecule has 0 aromatic heterocycles. The molecule has 0 atom stereocenters. The third-order valence-corrected chi connectivity index (χ3v) is 9.02. The molecule has 0 aliphatic rings. The molecule has 0 unspecified atom stereocenters. The molecule has 334 valence electrons. The maximum Gasteiger partial charge on any atom is 0.490 e. The van der Waals surface area contributed by atoms with Gasteiger partial charge in [-0.15, -0.1) is 0 Å². The van der Waals surface area contributed by atoms with E-state index in [-0.39, 0.29) is 125 Å². The van der Waals surface area contributed by atoms with Crippen molar-refractivity contribution in [3.8, 4) is 17.2 Å². The molecule has 20 heteroatoms. The summed E-state index contributed by atoms with van der Waals surface area (Å²) in [6.07, 6.45) is -0.938. The van der Waals surface area contributed by atoms with E-state index in [4.69, 9.17) is 56.4 Å². The maximum atomic E-state index is 12.3. The summed E-state index contributed by atoms with van der Waals surface area (Å²) >= 11 is 5.82. The van der Waals surface area contributed by atoms with Gasteiger partial charge in [-0.3, -0.25) is 14.9 Å². The predicted molar refractivity (Wildman–Crippen MR) is 235 cm³/mol. The second-order valence-electron chi connectivity index (χ2n) is 12.3. The Morgan fingerprint density at radius 1 is 0.565 bits per heavy atom. The Bertz CT molecular complexity index is 1860. The summed E-state index contributed by atoms with van der Waals surface area (Å²) in [6.45, 7) is 10.5. The first kappa shape index (κ1) is 53.2. The van der Waals surface area contributed by atoms with Crippen molar-refractivity contribution in [3.63, 3.8) is 0 Å². The number of carbonyl (C=O) groups is 6. The number of esters is 5. The van der Waals surface area contributed by atoms with Crippen LogP contribution in [-0.2, 0) is 77.0 Å². The summed E-state index contributed by atoms with van der Waals surface area (Å²) in [5, 5.41) is 2.54. The maximum absolute atomic E-state index is 12.3. The van der Waals surface area contributed by atoms with Crippen LogP contribution < -0.4 is 18.9 Å². The van der Waals surface area contributed by atoms with Crippen LogP contribution in [0.1, 0.15) is 31.9 Å². The van der Waals surface area contributed by atoms with Gasteiger partial charge in [0.1, 0.15) is 56.9 Å². The van der Waals surface area contributed by atoms with E-state index >= 15 is 0 Å². The van der Waals surface area contributed by atoms with Crippen molar-refractivity contribution in [3.05, 3.63) is 128 Å². The molecule has 1 N–H and O–H groups in total. The summed E-state index contributed by atoms with van der Waals surface area (Å²) < 4.78 is 60.2. The van der Waals surface area contributed by atoms with E-state index in [0.717, 1.165) is 0 Å². The van der Waals surface area contributed by atoms with E-state index in [1.807, 2.05) is 0 Å². The van der Waals surface area contributed by atoms with Gasteiger partial charge in [0.15, 0.2) is 0 Å². The molecule has 0 bridgehead atoms. The Kier molecular flexibility index (Phi) is 25.2. The van der Waals surface area contributed by atoms with Crippen molar-refractivity contribution in [2.45, 2.75) is 33.6 Å². The second kappa shape index (κ2) is 29.4. The molecule has 3 aromatic carbocycles. The van der Waals surface area contributed by atoms with Crippen molar-refractivity contribution in [2.75, 3.05) is 45.0 Å². The summed E-state index contributed by atoms with van der Waals surface area (Å²) in [5.74, 6) is -2.12. The van der Waals surface area contributed by atoms with Gasteiger partial charge in [-0.1, -0.05) is 44.0 Å². The van der Waals surface area contributed by atoms with Gasteiger partial charge in [-0.2, -0.15) is 9.79 Å². The first-order valence-corrected chi connectivity index (χ1v) is 20.3. The van der Waals surface area contributed by atoms with Crippen LogP contribution in [0.2, 0.25) is 0 Å². The molecule has 1 amide bonds. The van der Waals surface area contributed by atoms with Gasteiger partial charge in [0, 0.05) is 65.3 Å². The van der Waals surface area contributed by atoms with Crippen LogP contribution in [0.25, 0.3) is 0 Å². The number of rotatable bonds is 23. The average Bonchev–Trinajstić information content (AvgIpc) is 3.21. The normalized spacial score (nSPS) is 10.3. The molecule has 0 spiro atoms. The van der Waals surface area contributed by atoms with Gasteiger partial charge in [0.25, 0.3) is 0 Å². The first-order valence-electron chi connectivity index (χ1n) is 18.7. The minimum Gasteiger partial charge on any atom is -0.462 e. The SMILES string of the molecule is C=C(C)C(=O)OCCOC(=O)Cc1ccc(OP(=S)(Oc2ccc(CC(=O)OCCOC(=O)C(=C)C)cc2)Oc2ccc(NC(=O)OCCOC(=O)C(=C)C)cc2)cc1.[3H]P[3H].[CH3-].[U]. The summed E-state index contributed by atoms with van der Waals surface area (Å²) in [4.78, 5) is 71.3. The molecule has 0 saturated heterocycles. The van der Waals surface area contributed by atoms with Crippen LogP contribution in [0.5, 0.6) is 17.2 Å². The van der Waals surface area contributed by atoms with Crippen molar-refractivity contribution in [1.82, 2.24) is 0 Å². The molecule has 62 heavy (non-hydrogen) atoms. The summed E-state index contributed by atoms with van der Waals surface area (Å²) in [6, 6.07) is 18.8. The third kappa shape index (κ3) is 22.2. The van der Waals surface area contributed by atoms with Crippen LogP contribution in [0.3, 0.4) is 0 Å². The molecule has 0 fully saturated rings. The fourth-order valence-corrected chi connectivity index (χ4v) is 6.21. The first-order chi connectivity index (χ1) is 29.4. The largest absolute Gasteiger partial charge is 0.490 e. The third-order valence-electron chi connectivity index (χ3n) is 7.05. The summed E-state index contributed by atoms with van der Waals surface area (Å²) in [7, 11) is -0.417. The second-order valence-corrected chi connectivity index (χ2v) is 15.1. The molecule has 0 aliphatic heterocycles. The molecule has 0 radical (unpaired) electrons. The fourth-order valence-electron chi connectivity index (χ4n) is 4.19. The molecular formula is C42H50NO15P2SU-. The Morgan fingerprint density at radius 2 is 0.855 bits per heavy atom. The minimum atomic E-state index is -3.72. The summed E-state index contributed by atoms with van der Waals surface area (Å²) in [5.41, 5.74) is 2.21. The smallest absolute Gasteiger partial charge is 0.462 e. The molecule has 0 aliphatic carbocycles. The number of anilines is 1. The number of carbonyl (C=O) groups excluding carboxylic acids is 6. The number of benzene rings is 3. The number of nitrogens with one attached hydrogen (secondary N) is 1. The minimum absolute atomic E-state index is 0. The molecule has 3 aromatic rings. The van der Waals surface area contributed by atoms with E-state index in [2.05, 4.69) is 25.1 Å². The van der Waals surface area contributed by atoms with Crippen LogP contribution in [0.15, 0.2) is 109 Å². The average molecular weight is 1140 g/mol. The topological polar surface area (TPSA) is 198 Å². The van der Waals surface area contributed by atoms with E-state index in [0.29, 0.717) is 16.8 Å². The van der Waals surface area contributed by atoms with Crippen molar-refractivity contribution < 1.29 is 102 Å². The molecule has 3 rings (SSSR count). The van der Waals surface area contributed by atoms with Crippen LogP contribution in [0.4, 0.5) is 10.5 Å². The quantitative estimate of drug-likeness (QED) is 0.0253. The standard InChI is InChI=1S/C41H44NO15PS.CH3.H3P.U/c1-27(2)38(45)51-21-19-49-36(43)25-30-7-13-33(14-8-30)55-58(59,56-34-15-9-31(10-16-34)26-37(44)50-20-22-52-39(46)28(3)4)57-35-17-11-32(12-18-35)42-41(48)54-24-23-53-40(47)29(5)6;;;/h7-18H,1,3,5,19-26H2,2,4,6H3,(H,42,48);2*1H3;/q;-1;;/i;;1T2;. The van der Waals surface area contributed by atoms with Crippen LogP contribution >= 0.6 is 16.5 Å². The fraction of sp³-hybridized carbons (Fsp3) is 0.262. The van der Waals surface area contributed by atoms with Crippen molar-refractivity contribution in [1.29, 1.82) is 2.56 Å². The van der Waals surface area contributed by atoms with Gasteiger partial charge in [0.2, 0.25) is 0 Å². The molecule has 16 nitrogen and oxygen atoms in total. The molecule has 0 saturated carbocycles. The molecular weight excluding hydrogens is 1090 g/mol. The van der Waals surface area contributed by atoms with Crippen LogP contribution in [0, 0.1) is 38.5 Å². The Labute approximate surface area is 395 Å². The number of amides is 1. The van der Waals surface area contributed by atoms with Gasteiger partial charge in [-0.25, -0.2) is 19.2 Å². The molecule has 0 heterocycles. The monoisotopic (exact) mass is 1140 g/mol. The number of hydrogen-bond donors (Lipinski definition) is 1. The van der Waals surface area contributed by atoms with E-state index in [1.54, 1.807) is 48.5 Å². The van der Waals surface area contributed by atoms with E-state index < -0.39 is 52.4 Å². The Hall–Kier alpha value is -4.97. The number of ether oxygens (including phenoxy) is 6. The zero-order chi connectivity index (χ0) is 46.1. The Morgan fingerprint density at radius 3 is 1.18 bits per heavy atom. The van der Waals surface area contributed by atoms with Crippen molar-refractivity contribution >= 4 is 69.9 Å². The van der Waals surface area contributed by atoms with E-state index in [1.165, 1.54) is 45.0 Å². The van der Waals surface area contributed by atoms with Gasteiger partial charge in [0.05, 0.1) is 15.4 Å². The zero-order valence-electron chi connectivity index (χ0n) is 36.7. The predicted octanol–water partition coefficient (Wildman–Crippen LogP) is 7.03. The zero-order valence-corrected chi connectivity index (χ0v) is 41.6. The van der Waals surface area contributed by atoms with Gasteiger partial charge >= 0.3 is 42.7 Å². The van der Waals surface area contributed by atoms with Crippen LogP contribution in [-0.4, -0.2) is 78.1 Å². The van der Waals surface area contributed by atoms with Gasteiger partial charge in [-0.05, 0) is 80.4 Å². The van der Waals surface area contributed by atoms with E-state index in [9.17, 15) is 28.8 Å². The number of hydrogen-bond acceptors (Lipinski definition) is 16. The Balaban J connectivity index is 0.00000771. The van der Waals surface area contributed by atoms with Crippen molar-refractivity contribution in [2.24, 2.45) is 0 Å². The van der Waals surface area contributed by atoms with Gasteiger partial charge < -0.3 is 49.4 Å².